The number of hydrogen-bond acceptors (Lipinski definition) is 0. The van der Waals surface area contributed by atoms with Crippen molar-refractivity contribution in [2.24, 2.45) is 0 Å². The van der Waals surface area contributed by atoms with Crippen LogP contribution in [0.3, 0.4) is 0 Å². The quantitative estimate of drug-likeness (QED) is 0.178. The number of fused-ring (bicyclic) bond motifs is 6. The molecule has 1 unspecified atom stereocenters. The highest BCUT2D eigenvalue weighted by Gasteiger charge is 2.19. The van der Waals surface area contributed by atoms with E-state index in [0.29, 0.717) is 0 Å². The SMILES string of the molecule is C1=CC(n2c3ccccc3c3cc(-c4ccc5c(c4)c4ccccc4n5-c4ccc(-c5ccccc5)cc4)ccc32)CC=C1c1ccccc1. The Morgan fingerprint density at radius 3 is 1.58 bits per heavy atom. The fourth-order valence-electron chi connectivity index (χ4n) is 8.05. The Kier molecular flexibility index (Phi) is 6.67. The summed E-state index contributed by atoms with van der Waals surface area (Å²) in [5, 5.41) is 5.12. The lowest BCUT2D eigenvalue weighted by Crippen LogP contribution is -2.07. The second-order valence-corrected chi connectivity index (χ2v) is 13.3. The van der Waals surface area contributed by atoms with Gasteiger partial charge in [0.05, 0.1) is 17.1 Å². The van der Waals surface area contributed by atoms with E-state index >= 15 is 0 Å². The van der Waals surface area contributed by atoms with E-state index in [-0.39, 0.29) is 6.04 Å². The average molecular weight is 639 g/mol. The molecular formula is C48H34N2. The Morgan fingerprint density at radius 1 is 0.400 bits per heavy atom. The van der Waals surface area contributed by atoms with E-state index in [9.17, 15) is 0 Å². The van der Waals surface area contributed by atoms with Crippen molar-refractivity contribution in [1.82, 2.24) is 9.13 Å². The molecule has 0 saturated heterocycles. The smallest absolute Gasteiger partial charge is 0.0560 e. The molecule has 2 aromatic heterocycles. The van der Waals surface area contributed by atoms with Gasteiger partial charge >= 0.3 is 0 Å². The largest absolute Gasteiger partial charge is 0.333 e. The van der Waals surface area contributed by atoms with Crippen molar-refractivity contribution in [3.8, 4) is 27.9 Å². The van der Waals surface area contributed by atoms with E-state index in [1.54, 1.807) is 0 Å². The van der Waals surface area contributed by atoms with E-state index in [2.05, 4.69) is 197 Å². The molecule has 0 amide bonds. The van der Waals surface area contributed by atoms with Gasteiger partial charge in [0.25, 0.3) is 0 Å². The maximum absolute atomic E-state index is 2.53. The maximum Gasteiger partial charge on any atom is 0.0560 e. The fourth-order valence-corrected chi connectivity index (χ4v) is 8.05. The molecule has 0 fully saturated rings. The summed E-state index contributed by atoms with van der Waals surface area (Å²) in [6, 6.07) is 62.1. The van der Waals surface area contributed by atoms with Crippen LogP contribution in [0.25, 0.3) is 77.1 Å². The Labute approximate surface area is 291 Å². The van der Waals surface area contributed by atoms with Gasteiger partial charge in [-0.25, -0.2) is 0 Å². The third-order valence-corrected chi connectivity index (χ3v) is 10.5. The van der Waals surface area contributed by atoms with Crippen LogP contribution in [-0.4, -0.2) is 9.13 Å². The van der Waals surface area contributed by atoms with Crippen LogP contribution in [-0.2, 0) is 0 Å². The molecule has 50 heavy (non-hydrogen) atoms. The average Bonchev–Trinajstić information content (AvgIpc) is 3.71. The number of aromatic nitrogens is 2. The van der Waals surface area contributed by atoms with Crippen molar-refractivity contribution in [3.63, 3.8) is 0 Å². The second-order valence-electron chi connectivity index (χ2n) is 13.3. The summed E-state index contributed by atoms with van der Waals surface area (Å²) < 4.78 is 4.93. The van der Waals surface area contributed by atoms with Gasteiger partial charge in [-0.1, -0.05) is 140 Å². The van der Waals surface area contributed by atoms with Gasteiger partial charge < -0.3 is 9.13 Å². The summed E-state index contributed by atoms with van der Waals surface area (Å²) in [6.45, 7) is 0. The number of benzene rings is 7. The van der Waals surface area contributed by atoms with Crippen LogP contribution >= 0.6 is 0 Å². The number of nitrogens with zero attached hydrogens (tertiary/aromatic N) is 2. The van der Waals surface area contributed by atoms with E-state index in [4.69, 9.17) is 0 Å². The van der Waals surface area contributed by atoms with Crippen LogP contribution in [0, 0.1) is 0 Å². The molecule has 236 valence electrons. The molecule has 7 aromatic carbocycles. The molecule has 0 spiro atoms. The van der Waals surface area contributed by atoms with Gasteiger partial charge in [0.15, 0.2) is 0 Å². The van der Waals surface area contributed by atoms with Crippen LogP contribution in [0.1, 0.15) is 18.0 Å². The van der Waals surface area contributed by atoms with E-state index < -0.39 is 0 Å². The van der Waals surface area contributed by atoms with Crippen molar-refractivity contribution in [1.29, 1.82) is 0 Å². The first-order chi connectivity index (χ1) is 24.8. The number of allylic oxidation sites excluding steroid dienone is 4. The second kappa shape index (κ2) is 11.6. The first kappa shape index (κ1) is 28.6. The third kappa shape index (κ3) is 4.64. The van der Waals surface area contributed by atoms with Gasteiger partial charge in [-0.3, -0.25) is 0 Å². The first-order valence-electron chi connectivity index (χ1n) is 17.5. The zero-order valence-electron chi connectivity index (χ0n) is 27.6. The van der Waals surface area contributed by atoms with Crippen LogP contribution in [0.4, 0.5) is 0 Å². The lowest BCUT2D eigenvalue weighted by Gasteiger charge is -2.21. The maximum atomic E-state index is 2.53. The molecule has 1 aliphatic rings. The van der Waals surface area contributed by atoms with Gasteiger partial charge in [0, 0.05) is 38.3 Å². The Hall–Kier alpha value is -6.38. The number of hydrogen-bond donors (Lipinski definition) is 0. The lowest BCUT2D eigenvalue weighted by molar-refractivity contribution is 0.649. The fraction of sp³-hybridized carbons (Fsp3) is 0.0417. The summed E-state index contributed by atoms with van der Waals surface area (Å²) >= 11 is 0. The summed E-state index contributed by atoms with van der Waals surface area (Å²) in [4.78, 5) is 0. The minimum absolute atomic E-state index is 0.264. The summed E-state index contributed by atoms with van der Waals surface area (Å²) in [6.07, 6.45) is 8.02. The standard InChI is InChI=1S/C48H34N2/c1-3-11-33(12-4-1)35-19-25-39(26-20-35)49-45-17-9-7-15-41(45)43-31-37(23-29-47(43)49)38-24-30-48-44(32-38)42-16-8-10-18-46(42)50(48)40-27-21-36(22-28-40)34-13-5-2-6-14-34/h1-27,29-32,40H,28H2. The first-order valence-corrected chi connectivity index (χ1v) is 17.5. The molecule has 0 N–H and O–H groups in total. The molecule has 0 saturated carbocycles. The monoisotopic (exact) mass is 638 g/mol. The van der Waals surface area contributed by atoms with Crippen LogP contribution in [0.15, 0.2) is 188 Å². The predicted octanol–water partition coefficient (Wildman–Crippen LogP) is 12.8. The molecule has 2 heterocycles. The minimum Gasteiger partial charge on any atom is -0.333 e. The van der Waals surface area contributed by atoms with E-state index in [1.807, 2.05) is 0 Å². The molecule has 0 radical (unpaired) electrons. The van der Waals surface area contributed by atoms with Gasteiger partial charge in [-0.2, -0.15) is 0 Å². The van der Waals surface area contributed by atoms with E-state index in [1.165, 1.54) is 82.7 Å². The molecular weight excluding hydrogens is 605 g/mol. The molecule has 2 heteroatoms. The Bertz CT molecular complexity index is 2760. The van der Waals surface area contributed by atoms with Crippen molar-refractivity contribution in [2.75, 3.05) is 0 Å². The Morgan fingerprint density at radius 2 is 0.900 bits per heavy atom. The predicted molar refractivity (Wildman–Crippen MR) is 212 cm³/mol. The molecule has 1 atom stereocenters. The number of para-hydroxylation sites is 2. The zero-order valence-corrected chi connectivity index (χ0v) is 27.6. The summed E-state index contributed by atoms with van der Waals surface area (Å²) in [7, 11) is 0. The lowest BCUT2D eigenvalue weighted by atomic mass is 9.97. The Balaban J connectivity index is 1.06. The highest BCUT2D eigenvalue weighted by atomic mass is 15.0. The highest BCUT2D eigenvalue weighted by molar-refractivity contribution is 6.12. The minimum atomic E-state index is 0.264. The van der Waals surface area contributed by atoms with Crippen LogP contribution in [0.2, 0.25) is 0 Å². The van der Waals surface area contributed by atoms with Gasteiger partial charge in [0.2, 0.25) is 0 Å². The molecule has 2 nitrogen and oxygen atoms in total. The van der Waals surface area contributed by atoms with Gasteiger partial charge in [-0.05, 0) is 88.3 Å². The van der Waals surface area contributed by atoms with Crippen molar-refractivity contribution in [3.05, 3.63) is 194 Å². The molecule has 1 aliphatic carbocycles. The van der Waals surface area contributed by atoms with E-state index in [0.717, 1.165) is 6.42 Å². The molecule has 10 rings (SSSR count). The van der Waals surface area contributed by atoms with Crippen molar-refractivity contribution in [2.45, 2.75) is 12.5 Å². The third-order valence-electron chi connectivity index (χ3n) is 10.5. The van der Waals surface area contributed by atoms with Crippen molar-refractivity contribution >= 4 is 49.2 Å². The van der Waals surface area contributed by atoms with Crippen LogP contribution in [0.5, 0.6) is 0 Å². The van der Waals surface area contributed by atoms with Crippen molar-refractivity contribution < 1.29 is 0 Å². The summed E-state index contributed by atoms with van der Waals surface area (Å²) in [5.41, 5.74) is 13.6. The van der Waals surface area contributed by atoms with Crippen LogP contribution < -0.4 is 0 Å². The normalized spacial score (nSPS) is 14.6. The zero-order chi connectivity index (χ0) is 33.0. The highest BCUT2D eigenvalue weighted by Crippen LogP contribution is 2.40. The topological polar surface area (TPSA) is 9.86 Å². The molecule has 9 aromatic rings. The summed E-state index contributed by atoms with van der Waals surface area (Å²) in [5.74, 6) is 0. The number of rotatable bonds is 5. The van der Waals surface area contributed by atoms with Gasteiger partial charge in [-0.15, -0.1) is 0 Å². The van der Waals surface area contributed by atoms with Gasteiger partial charge in [0.1, 0.15) is 0 Å². The molecule has 0 aliphatic heterocycles. The molecule has 0 bridgehead atoms.